The highest BCUT2D eigenvalue weighted by atomic mass is 16.5. The first-order valence-corrected chi connectivity index (χ1v) is 9.75. The molecule has 0 spiro atoms. The Morgan fingerprint density at radius 3 is 2.19 bits per heavy atom. The highest BCUT2D eigenvalue weighted by Gasteiger charge is 2.22. The maximum absolute atomic E-state index is 12.8. The predicted octanol–water partition coefficient (Wildman–Crippen LogP) is 3.78. The number of rotatable bonds is 9. The van der Waals surface area contributed by atoms with Crippen LogP contribution in [-0.2, 0) is 9.53 Å². The second kappa shape index (κ2) is 10.3. The van der Waals surface area contributed by atoms with Crippen LogP contribution < -0.4 is 14.8 Å². The number of carbonyl (C=O) groups is 2. The average Bonchev–Trinajstić information content (AvgIpc) is 3.29. The molecule has 1 atom stereocenters. The molecule has 162 valence electrons. The molecular weight excluding hydrogens is 400 g/mol. The minimum Gasteiger partial charge on any atom is -0.497 e. The second-order valence-electron chi connectivity index (χ2n) is 6.61. The van der Waals surface area contributed by atoms with Crippen LogP contribution in [0.5, 0.6) is 11.5 Å². The van der Waals surface area contributed by atoms with Gasteiger partial charge in [-0.2, -0.15) is 0 Å². The lowest BCUT2D eigenvalue weighted by Crippen LogP contribution is -2.30. The Morgan fingerprint density at radius 2 is 1.61 bits per heavy atom. The summed E-state index contributed by atoms with van der Waals surface area (Å²) < 4.78 is 20.6. The molecule has 0 saturated heterocycles. The molecule has 2 aromatic carbocycles. The number of hydrogen-bond acceptors (Lipinski definition) is 7. The molecule has 0 aliphatic heterocycles. The van der Waals surface area contributed by atoms with Crippen LogP contribution in [0.25, 0.3) is 11.3 Å². The number of carbonyl (C=O) groups excluding carboxylic acids is 2. The molecule has 1 heterocycles. The molecule has 0 saturated carbocycles. The van der Waals surface area contributed by atoms with Gasteiger partial charge in [-0.3, -0.25) is 9.59 Å². The van der Waals surface area contributed by atoms with Crippen LogP contribution in [0.1, 0.15) is 35.5 Å². The number of hydrogen-bond donors (Lipinski definition) is 1. The molecule has 1 amide bonds. The van der Waals surface area contributed by atoms with Crippen molar-refractivity contribution in [3.63, 3.8) is 0 Å². The first kappa shape index (κ1) is 21.9. The summed E-state index contributed by atoms with van der Waals surface area (Å²) in [6.07, 6.45) is -0.0224. The van der Waals surface area contributed by atoms with Crippen molar-refractivity contribution < 1.29 is 28.3 Å². The van der Waals surface area contributed by atoms with Gasteiger partial charge in [-0.25, -0.2) is 0 Å². The van der Waals surface area contributed by atoms with Gasteiger partial charge in [-0.05, 0) is 48.9 Å². The van der Waals surface area contributed by atoms with Gasteiger partial charge in [-0.15, -0.1) is 0 Å². The molecule has 0 radical (unpaired) electrons. The van der Waals surface area contributed by atoms with Crippen LogP contribution in [0.3, 0.4) is 0 Å². The lowest BCUT2D eigenvalue weighted by molar-refractivity contribution is -0.143. The summed E-state index contributed by atoms with van der Waals surface area (Å²) in [6, 6.07) is 15.3. The summed E-state index contributed by atoms with van der Waals surface area (Å²) in [5.74, 6) is 0.515. The van der Waals surface area contributed by atoms with E-state index in [1.54, 1.807) is 63.6 Å². The number of ether oxygens (including phenoxy) is 3. The van der Waals surface area contributed by atoms with Gasteiger partial charge in [0.25, 0.3) is 5.91 Å². The van der Waals surface area contributed by atoms with E-state index in [0.717, 1.165) is 11.1 Å². The smallest absolute Gasteiger partial charge is 0.308 e. The van der Waals surface area contributed by atoms with Gasteiger partial charge < -0.3 is 24.1 Å². The Bertz CT molecular complexity index is 1010. The van der Waals surface area contributed by atoms with E-state index in [-0.39, 0.29) is 18.8 Å². The van der Waals surface area contributed by atoms with Crippen molar-refractivity contribution in [2.24, 2.45) is 0 Å². The van der Waals surface area contributed by atoms with Crippen molar-refractivity contribution >= 4 is 11.9 Å². The molecule has 8 nitrogen and oxygen atoms in total. The van der Waals surface area contributed by atoms with Crippen molar-refractivity contribution in [1.29, 1.82) is 0 Å². The Hall–Kier alpha value is -3.81. The zero-order valence-electron chi connectivity index (χ0n) is 17.6. The van der Waals surface area contributed by atoms with E-state index in [0.29, 0.717) is 17.2 Å². The van der Waals surface area contributed by atoms with E-state index < -0.39 is 17.9 Å². The van der Waals surface area contributed by atoms with Gasteiger partial charge in [0.15, 0.2) is 0 Å². The molecule has 1 N–H and O–H groups in total. The molecule has 0 aliphatic carbocycles. The third-order valence-corrected chi connectivity index (χ3v) is 4.62. The zero-order chi connectivity index (χ0) is 22.2. The van der Waals surface area contributed by atoms with Crippen molar-refractivity contribution in [2.45, 2.75) is 19.4 Å². The third kappa shape index (κ3) is 5.63. The largest absolute Gasteiger partial charge is 0.497 e. The highest BCUT2D eigenvalue weighted by molar-refractivity contribution is 5.93. The van der Waals surface area contributed by atoms with Crippen LogP contribution in [0.4, 0.5) is 0 Å². The van der Waals surface area contributed by atoms with Crippen LogP contribution in [0, 0.1) is 0 Å². The summed E-state index contributed by atoms with van der Waals surface area (Å²) in [6.45, 7) is 1.99. The Morgan fingerprint density at radius 1 is 1.00 bits per heavy atom. The average molecular weight is 424 g/mol. The summed E-state index contributed by atoms with van der Waals surface area (Å²) >= 11 is 0. The maximum Gasteiger partial charge on any atom is 0.308 e. The number of methoxy groups -OCH3 is 2. The van der Waals surface area contributed by atoms with Crippen molar-refractivity contribution in [3.8, 4) is 22.8 Å². The molecule has 0 aliphatic rings. The first-order chi connectivity index (χ1) is 15.0. The van der Waals surface area contributed by atoms with Crippen LogP contribution >= 0.6 is 0 Å². The minimum absolute atomic E-state index is 0.0224. The molecule has 8 heteroatoms. The molecular formula is C23H24N2O6. The second-order valence-corrected chi connectivity index (χ2v) is 6.61. The Balaban J connectivity index is 1.77. The van der Waals surface area contributed by atoms with E-state index >= 15 is 0 Å². The van der Waals surface area contributed by atoms with Crippen LogP contribution in [0.15, 0.2) is 59.1 Å². The van der Waals surface area contributed by atoms with Crippen molar-refractivity contribution in [3.05, 3.63) is 65.9 Å². The van der Waals surface area contributed by atoms with Crippen molar-refractivity contribution in [2.75, 3.05) is 20.8 Å². The van der Waals surface area contributed by atoms with Gasteiger partial charge >= 0.3 is 5.97 Å². The summed E-state index contributed by atoms with van der Waals surface area (Å²) in [5.41, 5.74) is 2.03. The summed E-state index contributed by atoms with van der Waals surface area (Å²) in [4.78, 5) is 24.9. The number of aromatic nitrogens is 1. The lowest BCUT2D eigenvalue weighted by Gasteiger charge is -2.18. The minimum atomic E-state index is -0.605. The SMILES string of the molecule is CCOC(=O)C[C@@H](NC(=O)c1cc(-c2ccc(OC)cc2)no1)c1ccc(OC)cc1. The normalized spacial score (nSPS) is 11.5. The van der Waals surface area contributed by atoms with Crippen LogP contribution in [0.2, 0.25) is 0 Å². The molecule has 3 rings (SSSR count). The van der Waals surface area contributed by atoms with E-state index in [2.05, 4.69) is 10.5 Å². The lowest BCUT2D eigenvalue weighted by atomic mass is 10.0. The predicted molar refractivity (Wildman–Crippen MR) is 113 cm³/mol. The van der Waals surface area contributed by atoms with Gasteiger partial charge in [0.2, 0.25) is 5.76 Å². The molecule has 0 unspecified atom stereocenters. The fourth-order valence-electron chi connectivity index (χ4n) is 2.98. The van der Waals surface area contributed by atoms with E-state index in [1.165, 1.54) is 0 Å². The van der Waals surface area contributed by atoms with Gasteiger partial charge in [0.1, 0.15) is 17.2 Å². The fraction of sp³-hybridized carbons (Fsp3) is 0.261. The number of esters is 1. The summed E-state index contributed by atoms with van der Waals surface area (Å²) in [7, 11) is 3.15. The quantitative estimate of drug-likeness (QED) is 0.522. The summed E-state index contributed by atoms with van der Waals surface area (Å²) in [5, 5.41) is 6.80. The zero-order valence-corrected chi connectivity index (χ0v) is 17.6. The Kier molecular flexibility index (Phi) is 7.26. The van der Waals surface area contributed by atoms with Crippen molar-refractivity contribution in [1.82, 2.24) is 10.5 Å². The van der Waals surface area contributed by atoms with Gasteiger partial charge in [0.05, 0.1) is 33.3 Å². The number of nitrogens with one attached hydrogen (secondary N) is 1. The van der Waals surface area contributed by atoms with Gasteiger partial charge in [-0.1, -0.05) is 17.3 Å². The number of amides is 1. The molecule has 3 aromatic rings. The first-order valence-electron chi connectivity index (χ1n) is 9.75. The van der Waals surface area contributed by atoms with E-state index in [1.807, 2.05) is 12.1 Å². The molecule has 1 aromatic heterocycles. The maximum atomic E-state index is 12.8. The highest BCUT2D eigenvalue weighted by Crippen LogP contribution is 2.24. The molecule has 0 fully saturated rings. The molecule has 0 bridgehead atoms. The Labute approximate surface area is 180 Å². The number of nitrogens with zero attached hydrogens (tertiary/aromatic N) is 1. The topological polar surface area (TPSA) is 99.9 Å². The standard InChI is InChI=1S/C23H24N2O6/c1-4-30-22(26)14-19(15-5-9-17(28-2)10-6-15)24-23(27)21-13-20(25-31-21)16-7-11-18(29-3)12-8-16/h5-13,19H,4,14H2,1-3H3,(H,24,27)/t19-/m1/s1. The monoisotopic (exact) mass is 424 g/mol. The number of benzene rings is 2. The van der Waals surface area contributed by atoms with Crippen LogP contribution in [-0.4, -0.2) is 37.9 Å². The molecule has 31 heavy (non-hydrogen) atoms. The third-order valence-electron chi connectivity index (χ3n) is 4.62. The van der Waals surface area contributed by atoms with E-state index in [4.69, 9.17) is 18.7 Å². The fourth-order valence-corrected chi connectivity index (χ4v) is 2.98. The van der Waals surface area contributed by atoms with E-state index in [9.17, 15) is 9.59 Å². The van der Waals surface area contributed by atoms with Gasteiger partial charge in [0, 0.05) is 11.6 Å².